The molecule has 0 aliphatic heterocycles. The molecule has 0 bridgehead atoms. The van der Waals surface area contributed by atoms with Crippen molar-refractivity contribution in [3.63, 3.8) is 0 Å². The van der Waals surface area contributed by atoms with E-state index in [0.29, 0.717) is 5.92 Å². The van der Waals surface area contributed by atoms with Gasteiger partial charge in [-0.25, -0.2) is 0 Å². The second-order valence-corrected chi connectivity index (χ2v) is 9.53. The molecule has 2 nitrogen and oxygen atoms in total. The number of nitrogens with two attached hydrogens (primary N) is 1. The molecular weight excluding hydrogens is 326 g/mol. The van der Waals surface area contributed by atoms with Crippen LogP contribution in [0.25, 0.3) is 0 Å². The minimum atomic E-state index is -0.347. The highest BCUT2D eigenvalue weighted by atomic mass is 32.2. The average molecular weight is 362 g/mol. The molecule has 0 saturated heterocycles. The topological polar surface area (TPSA) is 46.2 Å². The fourth-order valence-corrected chi connectivity index (χ4v) is 5.73. The van der Waals surface area contributed by atoms with Crippen molar-refractivity contribution in [3.8, 4) is 0 Å². The molecule has 3 rings (SSSR count). The van der Waals surface area contributed by atoms with E-state index in [0.717, 1.165) is 25.2 Å². The minimum absolute atomic E-state index is 0.117. The molecule has 2 aliphatic rings. The first-order valence-electron chi connectivity index (χ1n) is 10.2. The number of hydrogen-bond acceptors (Lipinski definition) is 3. The van der Waals surface area contributed by atoms with Crippen LogP contribution in [0.5, 0.6) is 0 Å². The first kappa shape index (κ1) is 19.3. The van der Waals surface area contributed by atoms with Gasteiger partial charge in [0, 0.05) is 5.54 Å². The third-order valence-electron chi connectivity index (χ3n) is 6.24. The van der Waals surface area contributed by atoms with Crippen LogP contribution in [0.1, 0.15) is 74.5 Å². The van der Waals surface area contributed by atoms with Crippen molar-refractivity contribution in [2.75, 3.05) is 18.1 Å². The van der Waals surface area contributed by atoms with Crippen molar-refractivity contribution in [1.82, 2.24) is 0 Å². The van der Waals surface area contributed by atoms with Gasteiger partial charge < -0.3 is 10.8 Å². The van der Waals surface area contributed by atoms with Crippen molar-refractivity contribution in [2.45, 2.75) is 76.2 Å². The van der Waals surface area contributed by atoms with Crippen molar-refractivity contribution < 1.29 is 5.11 Å². The molecule has 0 radical (unpaired) electrons. The predicted molar refractivity (Wildman–Crippen MR) is 109 cm³/mol. The Bertz CT molecular complexity index is 561. The van der Waals surface area contributed by atoms with Gasteiger partial charge in [0.25, 0.3) is 0 Å². The molecule has 0 aromatic heterocycles. The number of hydrogen-bond donors (Lipinski definition) is 2. The summed E-state index contributed by atoms with van der Waals surface area (Å²) in [6, 6.07) is 7.17. The van der Waals surface area contributed by atoms with Crippen LogP contribution in [-0.4, -0.2) is 28.8 Å². The number of unbranched alkanes of at least 4 members (excludes halogenated alkanes) is 2. The highest BCUT2D eigenvalue weighted by molar-refractivity contribution is 7.99. The van der Waals surface area contributed by atoms with Gasteiger partial charge in [0.15, 0.2) is 0 Å². The van der Waals surface area contributed by atoms with E-state index >= 15 is 0 Å². The molecule has 1 unspecified atom stereocenters. The zero-order chi connectivity index (χ0) is 17.7. The highest BCUT2D eigenvalue weighted by Gasteiger charge is 2.36. The van der Waals surface area contributed by atoms with Crippen LogP contribution in [0.2, 0.25) is 0 Å². The Kier molecular flexibility index (Phi) is 6.87. The van der Waals surface area contributed by atoms with E-state index in [1.165, 1.54) is 55.6 Å². The lowest BCUT2D eigenvalue weighted by Crippen LogP contribution is -2.40. The van der Waals surface area contributed by atoms with E-state index in [2.05, 4.69) is 36.9 Å². The zero-order valence-corrected chi connectivity index (χ0v) is 16.6. The molecule has 2 aliphatic carbocycles. The predicted octanol–water partition coefficient (Wildman–Crippen LogP) is 4.67. The summed E-state index contributed by atoms with van der Waals surface area (Å²) in [5.41, 5.74) is 10.5. The molecule has 0 spiro atoms. The minimum Gasteiger partial charge on any atom is -0.394 e. The van der Waals surface area contributed by atoms with E-state index in [9.17, 15) is 5.11 Å². The number of aliphatic hydroxyl groups is 1. The third kappa shape index (κ3) is 5.02. The van der Waals surface area contributed by atoms with Gasteiger partial charge in [-0.05, 0) is 85.0 Å². The van der Waals surface area contributed by atoms with Gasteiger partial charge in [0.1, 0.15) is 0 Å². The van der Waals surface area contributed by atoms with Gasteiger partial charge >= 0.3 is 0 Å². The normalized spacial score (nSPS) is 28.9. The van der Waals surface area contributed by atoms with Crippen molar-refractivity contribution in [3.05, 3.63) is 34.9 Å². The van der Waals surface area contributed by atoms with Gasteiger partial charge in [-0.15, -0.1) is 0 Å². The average Bonchev–Trinajstić information content (AvgIpc) is 3.04. The van der Waals surface area contributed by atoms with Gasteiger partial charge in [-0.3, -0.25) is 0 Å². The van der Waals surface area contributed by atoms with E-state index < -0.39 is 0 Å². The van der Waals surface area contributed by atoms with Crippen LogP contribution in [0.4, 0.5) is 0 Å². The molecule has 0 heterocycles. The molecule has 3 heteroatoms. The number of benzene rings is 1. The fourth-order valence-electron chi connectivity index (χ4n) is 4.54. The van der Waals surface area contributed by atoms with Gasteiger partial charge in [0.05, 0.1) is 6.61 Å². The fraction of sp³-hybridized carbons (Fsp3) is 0.727. The van der Waals surface area contributed by atoms with Crippen molar-refractivity contribution in [1.29, 1.82) is 0 Å². The number of thioether (sulfide) groups is 1. The number of aliphatic hydroxyl groups excluding tert-OH is 1. The lowest BCUT2D eigenvalue weighted by molar-refractivity contribution is 0.198. The molecular formula is C22H35NOS. The first-order valence-corrected chi connectivity index (χ1v) is 11.4. The standard InChI is InChI=1S/C22H35NOS/c1-2-3-4-11-25-15-17-5-6-19-13-20(8-7-18(19)12-17)21-9-10-22(23,14-21)16-24/h7-8,13,17,21,24H,2-6,9-12,14-16,23H2,1H3/t17?,21-,22+/m0/s1. The van der Waals surface area contributed by atoms with Crippen molar-refractivity contribution >= 4 is 11.8 Å². The molecule has 140 valence electrons. The Balaban J connectivity index is 1.53. The summed E-state index contributed by atoms with van der Waals surface area (Å²) in [6.45, 7) is 2.39. The summed E-state index contributed by atoms with van der Waals surface area (Å²) >= 11 is 2.16. The maximum absolute atomic E-state index is 9.50. The van der Waals surface area contributed by atoms with Gasteiger partial charge in [-0.2, -0.15) is 11.8 Å². The smallest absolute Gasteiger partial charge is 0.0611 e. The molecule has 3 N–H and O–H groups in total. The molecule has 1 saturated carbocycles. The molecule has 1 aromatic rings. The lowest BCUT2D eigenvalue weighted by Gasteiger charge is -2.26. The van der Waals surface area contributed by atoms with E-state index in [-0.39, 0.29) is 12.1 Å². The van der Waals surface area contributed by atoms with E-state index in [4.69, 9.17) is 5.73 Å². The number of aryl methyl sites for hydroxylation is 1. The van der Waals surface area contributed by atoms with Gasteiger partial charge in [0.2, 0.25) is 0 Å². The Morgan fingerprint density at radius 1 is 1.24 bits per heavy atom. The summed E-state index contributed by atoms with van der Waals surface area (Å²) in [6.07, 6.45) is 10.9. The monoisotopic (exact) mass is 361 g/mol. The summed E-state index contributed by atoms with van der Waals surface area (Å²) in [7, 11) is 0. The quantitative estimate of drug-likeness (QED) is 0.661. The van der Waals surface area contributed by atoms with Crippen molar-refractivity contribution in [2.24, 2.45) is 11.7 Å². The molecule has 1 aromatic carbocycles. The lowest BCUT2D eigenvalue weighted by atomic mass is 9.82. The molecule has 0 amide bonds. The summed E-state index contributed by atoms with van der Waals surface area (Å²) in [4.78, 5) is 0. The summed E-state index contributed by atoms with van der Waals surface area (Å²) < 4.78 is 0. The number of fused-ring (bicyclic) bond motifs is 1. The van der Waals surface area contributed by atoms with Crippen LogP contribution in [-0.2, 0) is 12.8 Å². The first-order chi connectivity index (χ1) is 12.1. The second-order valence-electron chi connectivity index (χ2n) is 8.38. The molecule has 25 heavy (non-hydrogen) atoms. The van der Waals surface area contributed by atoms with Crippen LogP contribution in [0.3, 0.4) is 0 Å². The van der Waals surface area contributed by atoms with Gasteiger partial charge in [-0.1, -0.05) is 38.0 Å². The maximum atomic E-state index is 9.50. The second kappa shape index (κ2) is 8.92. The Morgan fingerprint density at radius 2 is 2.12 bits per heavy atom. The van der Waals surface area contributed by atoms with E-state index in [1.54, 1.807) is 11.1 Å². The summed E-state index contributed by atoms with van der Waals surface area (Å²) in [5, 5.41) is 9.50. The maximum Gasteiger partial charge on any atom is 0.0611 e. The Labute approximate surface area is 158 Å². The zero-order valence-electron chi connectivity index (χ0n) is 15.8. The van der Waals surface area contributed by atoms with E-state index in [1.807, 2.05) is 0 Å². The molecule has 3 atom stereocenters. The largest absolute Gasteiger partial charge is 0.394 e. The Hall–Kier alpha value is -0.510. The van der Waals surface area contributed by atoms with Crippen LogP contribution >= 0.6 is 11.8 Å². The number of rotatable bonds is 8. The summed E-state index contributed by atoms with van der Waals surface area (Å²) in [5.74, 6) is 4.07. The third-order valence-corrected chi connectivity index (χ3v) is 7.52. The van der Waals surface area contributed by atoms with Crippen LogP contribution in [0.15, 0.2) is 18.2 Å². The Morgan fingerprint density at radius 3 is 2.88 bits per heavy atom. The molecule has 1 fully saturated rings. The van der Waals surface area contributed by atoms with Crippen LogP contribution in [0, 0.1) is 5.92 Å². The highest BCUT2D eigenvalue weighted by Crippen LogP contribution is 2.40. The van der Waals surface area contributed by atoms with Crippen LogP contribution < -0.4 is 5.73 Å². The SMILES string of the molecule is CCCCCSCC1CCc2cc([C@H]3CC[C@](N)(CO)C3)ccc2C1.